The molecule has 6 nitrogen and oxygen atoms in total. The van der Waals surface area contributed by atoms with Crippen LogP contribution in [0.2, 0.25) is 0 Å². The molecular formula is C23H24F3N3O3. The Labute approximate surface area is 184 Å². The summed E-state index contributed by atoms with van der Waals surface area (Å²) in [4.78, 5) is 31.6. The molecule has 0 radical (unpaired) electrons. The van der Waals surface area contributed by atoms with Crippen LogP contribution >= 0.6 is 0 Å². The molecule has 1 aliphatic heterocycles. The topological polar surface area (TPSA) is 73.2 Å². The van der Waals surface area contributed by atoms with Gasteiger partial charge in [-0.05, 0) is 17.7 Å². The van der Waals surface area contributed by atoms with Gasteiger partial charge in [0, 0.05) is 32.7 Å². The third kappa shape index (κ3) is 6.40. The number of amides is 1. The van der Waals surface area contributed by atoms with Gasteiger partial charge in [0.1, 0.15) is 18.0 Å². The number of phenols is 1. The number of Topliss-reactive ketones (excluding diaryl/α,β-unsaturated/α-hetero) is 1. The van der Waals surface area contributed by atoms with Crippen LogP contribution in [0.1, 0.15) is 22.3 Å². The molecule has 0 aromatic heterocycles. The molecule has 0 bridgehead atoms. The van der Waals surface area contributed by atoms with Gasteiger partial charge < -0.3 is 10.0 Å². The minimum atomic E-state index is -4.83. The van der Waals surface area contributed by atoms with Gasteiger partial charge in [-0.15, -0.1) is 0 Å². The van der Waals surface area contributed by atoms with Crippen molar-refractivity contribution < 1.29 is 27.9 Å². The lowest BCUT2D eigenvalue weighted by molar-refractivity contribution is -0.132. The van der Waals surface area contributed by atoms with Crippen molar-refractivity contribution in [3.8, 4) is 5.75 Å². The highest BCUT2D eigenvalue weighted by molar-refractivity contribution is 6.06. The van der Waals surface area contributed by atoms with Crippen molar-refractivity contribution in [1.29, 1.82) is 0 Å². The van der Waals surface area contributed by atoms with Crippen LogP contribution in [0.3, 0.4) is 0 Å². The monoisotopic (exact) mass is 447 g/mol. The first-order chi connectivity index (χ1) is 15.2. The predicted octanol–water partition coefficient (Wildman–Crippen LogP) is 3.31. The van der Waals surface area contributed by atoms with Crippen LogP contribution in [-0.2, 0) is 11.3 Å². The normalized spacial score (nSPS) is 15.6. The van der Waals surface area contributed by atoms with Gasteiger partial charge in [0.2, 0.25) is 5.91 Å². The SMILES string of the molecule is O=C(CN=C(CC(=O)N1CCN(Cc2ccccc2)CC1)C(F)(F)F)c1ccccc1O. The number of ketones is 1. The van der Waals surface area contributed by atoms with E-state index in [0.717, 1.165) is 5.56 Å². The van der Waals surface area contributed by atoms with Crippen LogP contribution in [-0.4, -0.2) is 71.2 Å². The number of carbonyl (C=O) groups is 2. The van der Waals surface area contributed by atoms with Crippen molar-refractivity contribution >= 4 is 17.4 Å². The lowest BCUT2D eigenvalue weighted by Gasteiger charge is -2.35. The molecular weight excluding hydrogens is 423 g/mol. The minimum Gasteiger partial charge on any atom is -0.507 e. The molecule has 1 N–H and O–H groups in total. The first-order valence-electron chi connectivity index (χ1n) is 10.2. The van der Waals surface area contributed by atoms with E-state index < -0.39 is 36.5 Å². The third-order valence-electron chi connectivity index (χ3n) is 5.24. The number of nitrogens with zero attached hydrogens (tertiary/aromatic N) is 3. The van der Waals surface area contributed by atoms with E-state index in [1.807, 2.05) is 30.3 Å². The van der Waals surface area contributed by atoms with E-state index in [9.17, 15) is 27.9 Å². The number of phenolic OH excluding ortho intramolecular Hbond substituents is 1. The van der Waals surface area contributed by atoms with Crippen LogP contribution in [0.5, 0.6) is 5.75 Å². The van der Waals surface area contributed by atoms with E-state index in [1.54, 1.807) is 0 Å². The fourth-order valence-corrected chi connectivity index (χ4v) is 3.46. The molecule has 2 aromatic carbocycles. The number of rotatable bonds is 7. The molecule has 1 amide bonds. The third-order valence-corrected chi connectivity index (χ3v) is 5.24. The highest BCUT2D eigenvalue weighted by Gasteiger charge is 2.38. The minimum absolute atomic E-state index is 0.112. The number of para-hydroxylation sites is 1. The molecule has 0 aliphatic carbocycles. The Morgan fingerprint density at radius 1 is 0.938 bits per heavy atom. The van der Waals surface area contributed by atoms with Gasteiger partial charge in [-0.25, -0.2) is 0 Å². The zero-order chi connectivity index (χ0) is 23.1. The van der Waals surface area contributed by atoms with Gasteiger partial charge >= 0.3 is 6.18 Å². The molecule has 0 atom stereocenters. The summed E-state index contributed by atoms with van der Waals surface area (Å²) in [5, 5.41) is 9.68. The fourth-order valence-electron chi connectivity index (χ4n) is 3.46. The number of hydrogen-bond acceptors (Lipinski definition) is 5. The van der Waals surface area contributed by atoms with E-state index in [-0.39, 0.29) is 11.3 Å². The second kappa shape index (κ2) is 10.4. The van der Waals surface area contributed by atoms with Crippen molar-refractivity contribution in [3.63, 3.8) is 0 Å². The summed E-state index contributed by atoms with van der Waals surface area (Å²) in [5.74, 6) is -1.76. The van der Waals surface area contributed by atoms with Crippen molar-refractivity contribution in [2.24, 2.45) is 4.99 Å². The summed E-state index contributed by atoms with van der Waals surface area (Å²) in [7, 11) is 0. The average Bonchev–Trinajstić information content (AvgIpc) is 2.77. The van der Waals surface area contributed by atoms with E-state index in [1.165, 1.54) is 29.2 Å². The molecule has 32 heavy (non-hydrogen) atoms. The van der Waals surface area contributed by atoms with Crippen LogP contribution in [0.15, 0.2) is 59.6 Å². The molecule has 1 aliphatic rings. The first-order valence-corrected chi connectivity index (χ1v) is 10.2. The van der Waals surface area contributed by atoms with Crippen molar-refractivity contribution in [2.45, 2.75) is 19.1 Å². The summed E-state index contributed by atoms with van der Waals surface area (Å²) in [6, 6.07) is 15.4. The number of piperazine rings is 1. The lowest BCUT2D eigenvalue weighted by atomic mass is 10.1. The summed E-state index contributed by atoms with van der Waals surface area (Å²) in [6.45, 7) is 1.69. The molecule has 1 saturated heterocycles. The standard InChI is InChI=1S/C23H24F3N3O3/c24-23(25,26)21(27-15-20(31)18-8-4-5-9-19(18)30)14-22(32)29-12-10-28(11-13-29)16-17-6-2-1-3-7-17/h1-9,30H,10-16H2. The number of alkyl halides is 3. The van der Waals surface area contributed by atoms with Gasteiger partial charge in [0.15, 0.2) is 5.78 Å². The molecule has 0 spiro atoms. The van der Waals surface area contributed by atoms with Crippen molar-refractivity contribution in [1.82, 2.24) is 9.80 Å². The van der Waals surface area contributed by atoms with Gasteiger partial charge in [-0.2, -0.15) is 13.2 Å². The molecule has 9 heteroatoms. The van der Waals surface area contributed by atoms with Crippen molar-refractivity contribution in [2.75, 3.05) is 32.7 Å². The van der Waals surface area contributed by atoms with Crippen LogP contribution in [0.4, 0.5) is 13.2 Å². The molecule has 2 aromatic rings. The Kier molecular flexibility index (Phi) is 7.63. The zero-order valence-corrected chi connectivity index (χ0v) is 17.4. The highest BCUT2D eigenvalue weighted by atomic mass is 19.4. The van der Waals surface area contributed by atoms with Crippen LogP contribution in [0, 0.1) is 0 Å². The fraction of sp³-hybridized carbons (Fsp3) is 0.348. The Hall–Kier alpha value is -3.20. The predicted molar refractivity (Wildman–Crippen MR) is 114 cm³/mol. The summed E-state index contributed by atoms with van der Waals surface area (Å²) in [6.07, 6.45) is -5.75. The molecule has 0 unspecified atom stereocenters. The number of benzene rings is 2. The van der Waals surface area contributed by atoms with Gasteiger partial charge in [-0.1, -0.05) is 42.5 Å². The van der Waals surface area contributed by atoms with Gasteiger partial charge in [-0.3, -0.25) is 19.5 Å². The van der Waals surface area contributed by atoms with Crippen molar-refractivity contribution in [3.05, 3.63) is 65.7 Å². The number of aromatic hydroxyl groups is 1. The molecule has 1 heterocycles. The van der Waals surface area contributed by atoms with Crippen LogP contribution in [0.25, 0.3) is 0 Å². The maximum atomic E-state index is 13.4. The van der Waals surface area contributed by atoms with Gasteiger partial charge in [0.25, 0.3) is 0 Å². The van der Waals surface area contributed by atoms with Crippen LogP contribution < -0.4 is 0 Å². The van der Waals surface area contributed by atoms with E-state index in [4.69, 9.17) is 0 Å². The maximum absolute atomic E-state index is 13.4. The van der Waals surface area contributed by atoms with E-state index in [0.29, 0.717) is 32.7 Å². The Bertz CT molecular complexity index is 969. The van der Waals surface area contributed by atoms with E-state index in [2.05, 4.69) is 9.89 Å². The number of aliphatic imine (C=N–C) groups is 1. The van der Waals surface area contributed by atoms with Gasteiger partial charge in [0.05, 0.1) is 12.0 Å². The summed E-state index contributed by atoms with van der Waals surface area (Å²) in [5.41, 5.74) is -0.274. The zero-order valence-electron chi connectivity index (χ0n) is 17.4. The number of halogens is 3. The average molecular weight is 447 g/mol. The Morgan fingerprint density at radius 2 is 1.56 bits per heavy atom. The number of carbonyl (C=O) groups excluding carboxylic acids is 2. The Morgan fingerprint density at radius 3 is 2.19 bits per heavy atom. The molecule has 0 saturated carbocycles. The highest BCUT2D eigenvalue weighted by Crippen LogP contribution is 2.22. The first kappa shape index (κ1) is 23.5. The largest absolute Gasteiger partial charge is 0.507 e. The second-order valence-corrected chi connectivity index (χ2v) is 7.52. The Balaban J connectivity index is 1.57. The maximum Gasteiger partial charge on any atom is 0.429 e. The number of hydrogen-bond donors (Lipinski definition) is 1. The quantitative estimate of drug-likeness (QED) is 0.522. The van der Waals surface area contributed by atoms with E-state index >= 15 is 0 Å². The molecule has 1 fully saturated rings. The second-order valence-electron chi connectivity index (χ2n) is 7.52. The summed E-state index contributed by atoms with van der Waals surface area (Å²) >= 11 is 0. The molecule has 170 valence electrons. The molecule has 3 rings (SSSR count). The smallest absolute Gasteiger partial charge is 0.429 e. The lowest BCUT2D eigenvalue weighted by Crippen LogP contribution is -2.49. The summed E-state index contributed by atoms with van der Waals surface area (Å²) < 4.78 is 40.2.